The van der Waals surface area contributed by atoms with Crippen molar-refractivity contribution in [2.45, 2.75) is 18.0 Å². The van der Waals surface area contributed by atoms with Gasteiger partial charge in [0, 0.05) is 21.9 Å². The standard InChI is InChI=1S/C26H24N4O7S/c1-36-21-9-5-3-7-16(21)14-27-29-23-19-12-11-18(38(33,34)35)13-20(19)24(26(32)25(23)31)30-28-15-17-8-4-6-10-22(17)37-2/h3-13,27-28H,14-15H2,1-2H3,(H,33,34,35)/b29-23+,30-24-. The van der Waals surface area contributed by atoms with Crippen molar-refractivity contribution in [1.29, 1.82) is 0 Å². The fraction of sp³-hybridized carbons (Fsp3) is 0.154. The number of benzene rings is 4. The number of nitrogens with zero attached hydrogens (tertiary/aromatic N) is 2. The Balaban J connectivity index is 1.82. The van der Waals surface area contributed by atoms with Crippen LogP contribution in [0.2, 0.25) is 0 Å². The summed E-state index contributed by atoms with van der Waals surface area (Å²) >= 11 is 0. The molecule has 0 aliphatic heterocycles. The molecule has 0 fully saturated rings. The second kappa shape index (κ2) is 11.2. The van der Waals surface area contributed by atoms with Crippen molar-refractivity contribution in [2.24, 2.45) is 10.2 Å². The Morgan fingerprint density at radius 2 is 1.21 bits per heavy atom. The van der Waals surface area contributed by atoms with Crippen molar-refractivity contribution in [2.75, 3.05) is 14.2 Å². The van der Waals surface area contributed by atoms with Gasteiger partial charge in [-0.2, -0.15) is 18.6 Å². The topological polar surface area (TPSA) is 156 Å². The predicted molar refractivity (Wildman–Crippen MR) is 139 cm³/mol. The van der Waals surface area contributed by atoms with Crippen molar-refractivity contribution in [1.82, 2.24) is 10.9 Å². The van der Waals surface area contributed by atoms with Crippen molar-refractivity contribution < 1.29 is 22.4 Å². The van der Waals surface area contributed by atoms with Gasteiger partial charge < -0.3 is 20.3 Å². The van der Waals surface area contributed by atoms with Gasteiger partial charge in [-0.15, -0.1) is 0 Å². The Labute approximate surface area is 217 Å². The normalized spacial score (nSPS) is 12.5. The van der Waals surface area contributed by atoms with Gasteiger partial charge in [0.1, 0.15) is 22.2 Å². The zero-order valence-electron chi connectivity index (χ0n) is 20.5. The third kappa shape index (κ3) is 5.56. The summed E-state index contributed by atoms with van der Waals surface area (Å²) in [5, 5.41) is 7.92. The Hall–Kier alpha value is -4.55. The first-order valence-electron chi connectivity index (χ1n) is 11.3. The number of hydrogen-bond donors (Lipinski definition) is 3. The SMILES string of the molecule is COc1ccccc1CN/N=c1\c(=O)c(=O)/c(=N/NCc2ccccc2OC)c2ccc(S(=O)(=O)O)cc12. The van der Waals surface area contributed by atoms with E-state index in [0.717, 1.165) is 23.3 Å². The highest BCUT2D eigenvalue weighted by molar-refractivity contribution is 7.85. The molecule has 0 saturated heterocycles. The van der Waals surface area contributed by atoms with Crippen LogP contribution in [0.3, 0.4) is 0 Å². The van der Waals surface area contributed by atoms with E-state index in [0.29, 0.717) is 11.5 Å². The molecule has 0 spiro atoms. The van der Waals surface area contributed by atoms with Gasteiger partial charge in [-0.05, 0) is 24.3 Å². The molecular weight excluding hydrogens is 512 g/mol. The van der Waals surface area contributed by atoms with E-state index in [-0.39, 0.29) is 34.6 Å². The van der Waals surface area contributed by atoms with Gasteiger partial charge in [0.15, 0.2) is 0 Å². The van der Waals surface area contributed by atoms with Crippen molar-refractivity contribution in [3.63, 3.8) is 0 Å². The number of rotatable bonds is 9. The van der Waals surface area contributed by atoms with E-state index >= 15 is 0 Å². The van der Waals surface area contributed by atoms with Crippen LogP contribution in [0.15, 0.2) is 91.4 Å². The third-order valence-electron chi connectivity index (χ3n) is 5.74. The largest absolute Gasteiger partial charge is 0.496 e. The third-order valence-corrected chi connectivity index (χ3v) is 6.59. The number of fused-ring (bicyclic) bond motifs is 1. The molecule has 0 aliphatic rings. The van der Waals surface area contributed by atoms with E-state index in [9.17, 15) is 22.6 Å². The summed E-state index contributed by atoms with van der Waals surface area (Å²) in [6, 6.07) is 17.8. The quantitative estimate of drug-likeness (QED) is 0.161. The minimum absolute atomic E-state index is 0.0232. The van der Waals surface area contributed by atoms with Crippen LogP contribution in [0.5, 0.6) is 11.5 Å². The molecule has 0 heterocycles. The van der Waals surface area contributed by atoms with Crippen LogP contribution in [0, 0.1) is 0 Å². The first-order chi connectivity index (χ1) is 18.2. The zero-order valence-corrected chi connectivity index (χ0v) is 21.3. The smallest absolute Gasteiger partial charge is 0.294 e. The molecule has 0 radical (unpaired) electrons. The van der Waals surface area contributed by atoms with Crippen molar-refractivity contribution in [3.8, 4) is 11.5 Å². The zero-order chi connectivity index (χ0) is 27.3. The first-order valence-corrected chi connectivity index (χ1v) is 12.7. The minimum atomic E-state index is -4.60. The molecule has 0 aliphatic carbocycles. The summed E-state index contributed by atoms with van der Waals surface area (Å²) in [6.07, 6.45) is 0. The summed E-state index contributed by atoms with van der Waals surface area (Å²) in [6.45, 7) is 0.346. The van der Waals surface area contributed by atoms with E-state index in [1.54, 1.807) is 30.3 Å². The van der Waals surface area contributed by atoms with Gasteiger partial charge in [-0.25, -0.2) is 0 Å². The van der Waals surface area contributed by atoms with E-state index in [1.807, 2.05) is 18.2 Å². The maximum atomic E-state index is 13.1. The summed E-state index contributed by atoms with van der Waals surface area (Å²) in [5.41, 5.74) is 5.10. The van der Waals surface area contributed by atoms with Crippen LogP contribution in [0.25, 0.3) is 10.8 Å². The van der Waals surface area contributed by atoms with Gasteiger partial charge in [0.25, 0.3) is 21.0 Å². The van der Waals surface area contributed by atoms with Crippen molar-refractivity contribution >= 4 is 20.9 Å². The Kier molecular flexibility index (Phi) is 7.84. The molecule has 196 valence electrons. The minimum Gasteiger partial charge on any atom is -0.496 e. The average molecular weight is 537 g/mol. The molecule has 12 heteroatoms. The fourth-order valence-corrected chi connectivity index (χ4v) is 4.38. The molecular formula is C26H24N4O7S. The van der Waals surface area contributed by atoms with Crippen LogP contribution in [-0.2, 0) is 23.2 Å². The van der Waals surface area contributed by atoms with Gasteiger partial charge in [0.2, 0.25) is 0 Å². The molecule has 0 bridgehead atoms. The molecule has 0 saturated carbocycles. The lowest BCUT2D eigenvalue weighted by Gasteiger charge is -2.08. The maximum Gasteiger partial charge on any atom is 0.294 e. The highest BCUT2D eigenvalue weighted by Crippen LogP contribution is 2.18. The first kappa shape index (κ1) is 26.5. The van der Waals surface area contributed by atoms with E-state index in [1.165, 1.54) is 20.3 Å². The molecule has 4 aromatic carbocycles. The van der Waals surface area contributed by atoms with Gasteiger partial charge in [-0.1, -0.05) is 42.5 Å². The Morgan fingerprint density at radius 3 is 1.68 bits per heavy atom. The number of hydrogen-bond acceptors (Lipinski definition) is 10. The highest BCUT2D eigenvalue weighted by atomic mass is 32.2. The van der Waals surface area contributed by atoms with Crippen LogP contribution < -0.4 is 41.9 Å². The summed E-state index contributed by atoms with van der Waals surface area (Å²) in [4.78, 5) is 25.7. The predicted octanol–water partition coefficient (Wildman–Crippen LogP) is 0.911. The molecule has 4 aromatic rings. The number of methoxy groups -OCH3 is 2. The van der Waals surface area contributed by atoms with E-state index in [2.05, 4.69) is 21.1 Å². The molecule has 0 amide bonds. The Bertz CT molecular complexity index is 1830. The average Bonchev–Trinajstić information content (AvgIpc) is 2.92. The van der Waals surface area contributed by atoms with Crippen LogP contribution in [0.1, 0.15) is 11.1 Å². The number of ether oxygens (including phenoxy) is 2. The second-order valence-electron chi connectivity index (χ2n) is 8.05. The highest BCUT2D eigenvalue weighted by Gasteiger charge is 2.16. The van der Waals surface area contributed by atoms with E-state index < -0.39 is 25.9 Å². The number of para-hydroxylation sites is 2. The fourth-order valence-electron chi connectivity index (χ4n) is 3.87. The molecule has 0 unspecified atom stereocenters. The van der Waals surface area contributed by atoms with Gasteiger partial charge in [0.05, 0.1) is 32.2 Å². The van der Waals surface area contributed by atoms with Crippen LogP contribution >= 0.6 is 0 Å². The molecule has 38 heavy (non-hydrogen) atoms. The molecule has 11 nitrogen and oxygen atoms in total. The number of nitrogens with one attached hydrogen (secondary N) is 2. The lowest BCUT2D eigenvalue weighted by molar-refractivity contribution is 0.408. The monoisotopic (exact) mass is 536 g/mol. The molecule has 0 aromatic heterocycles. The van der Waals surface area contributed by atoms with Gasteiger partial charge in [-0.3, -0.25) is 14.1 Å². The summed E-state index contributed by atoms with van der Waals surface area (Å²) in [7, 11) is -1.55. The van der Waals surface area contributed by atoms with Crippen molar-refractivity contribution in [3.05, 3.63) is 109 Å². The van der Waals surface area contributed by atoms with Crippen LogP contribution in [-0.4, -0.2) is 27.2 Å². The van der Waals surface area contributed by atoms with E-state index in [4.69, 9.17) is 9.47 Å². The molecule has 0 atom stereocenters. The summed E-state index contributed by atoms with van der Waals surface area (Å²) in [5.74, 6) is 1.20. The van der Waals surface area contributed by atoms with Crippen LogP contribution in [0.4, 0.5) is 0 Å². The summed E-state index contributed by atoms with van der Waals surface area (Å²) < 4.78 is 43.7. The Morgan fingerprint density at radius 1 is 0.737 bits per heavy atom. The lowest BCUT2D eigenvalue weighted by Crippen LogP contribution is -2.49. The maximum absolute atomic E-state index is 13.1. The second-order valence-corrected chi connectivity index (χ2v) is 9.48. The molecule has 4 rings (SSSR count). The van der Waals surface area contributed by atoms with Gasteiger partial charge >= 0.3 is 0 Å². The lowest BCUT2D eigenvalue weighted by atomic mass is 10.1. The molecule has 3 N–H and O–H groups in total.